The first kappa shape index (κ1) is 14.9. The minimum absolute atomic E-state index is 0.672. The Labute approximate surface area is 122 Å². The molecule has 1 nitrogen and oxygen atoms in total. The van der Waals surface area contributed by atoms with Crippen molar-refractivity contribution in [3.63, 3.8) is 0 Å². The van der Waals surface area contributed by atoms with Crippen LogP contribution in [0.1, 0.15) is 38.7 Å². The van der Waals surface area contributed by atoms with Crippen LogP contribution in [0.3, 0.4) is 0 Å². The van der Waals surface area contributed by atoms with E-state index in [-0.39, 0.29) is 0 Å². The van der Waals surface area contributed by atoms with Crippen molar-refractivity contribution in [2.45, 2.75) is 45.6 Å². The maximum Gasteiger partial charge on any atom is 0.0406 e. The van der Waals surface area contributed by atoms with Crippen LogP contribution in [0.5, 0.6) is 0 Å². The molecule has 0 heterocycles. The minimum atomic E-state index is 0.672. The molecule has 0 spiro atoms. The molecule has 1 fully saturated rings. The van der Waals surface area contributed by atoms with E-state index in [2.05, 4.69) is 38.3 Å². The quantitative estimate of drug-likeness (QED) is 0.853. The van der Waals surface area contributed by atoms with Gasteiger partial charge in [0.15, 0.2) is 0 Å². The number of rotatable bonds is 4. The average Bonchev–Trinajstić information content (AvgIpc) is 2.41. The highest BCUT2D eigenvalue weighted by molar-refractivity contribution is 6.30. The van der Waals surface area contributed by atoms with Gasteiger partial charge in [0.05, 0.1) is 0 Å². The number of benzene rings is 1. The Hall–Kier alpha value is -0.530. The Bertz CT molecular complexity index is 385. The van der Waals surface area contributed by atoms with Crippen molar-refractivity contribution < 1.29 is 0 Å². The van der Waals surface area contributed by atoms with E-state index in [1.165, 1.54) is 31.2 Å². The number of hydrogen-bond donors (Lipinski definition) is 1. The average molecular weight is 280 g/mol. The molecule has 0 aliphatic heterocycles. The first-order valence-electron chi connectivity index (χ1n) is 7.52. The third-order valence-corrected chi connectivity index (χ3v) is 5.00. The molecule has 0 bridgehead atoms. The van der Waals surface area contributed by atoms with Crippen LogP contribution in [0.4, 0.5) is 0 Å². The third-order valence-electron chi connectivity index (χ3n) is 4.75. The second-order valence-electron chi connectivity index (χ2n) is 6.30. The first-order chi connectivity index (χ1) is 9.10. The predicted octanol–water partition coefficient (Wildman–Crippen LogP) is 4.54. The molecule has 0 saturated heterocycles. The summed E-state index contributed by atoms with van der Waals surface area (Å²) in [5.74, 6) is 2.46. The van der Waals surface area contributed by atoms with Crippen molar-refractivity contribution in [3.8, 4) is 0 Å². The van der Waals surface area contributed by atoms with Crippen molar-refractivity contribution >= 4 is 11.6 Å². The van der Waals surface area contributed by atoms with Crippen LogP contribution in [0.15, 0.2) is 24.3 Å². The molecule has 1 aliphatic rings. The van der Waals surface area contributed by atoms with Crippen LogP contribution in [0.25, 0.3) is 0 Å². The normalized spacial score (nSPS) is 27.7. The van der Waals surface area contributed by atoms with Crippen LogP contribution in [-0.4, -0.2) is 13.1 Å². The van der Waals surface area contributed by atoms with Crippen molar-refractivity contribution in [3.05, 3.63) is 34.9 Å². The van der Waals surface area contributed by atoms with Gasteiger partial charge in [0.1, 0.15) is 0 Å². The van der Waals surface area contributed by atoms with Crippen molar-refractivity contribution in [1.29, 1.82) is 0 Å². The van der Waals surface area contributed by atoms with Crippen molar-refractivity contribution in [2.24, 2.45) is 17.8 Å². The molecule has 106 valence electrons. The van der Waals surface area contributed by atoms with E-state index >= 15 is 0 Å². The molecule has 0 radical (unpaired) electrons. The zero-order valence-electron chi connectivity index (χ0n) is 12.3. The fourth-order valence-electron chi connectivity index (χ4n) is 3.43. The van der Waals surface area contributed by atoms with Gasteiger partial charge in [0.25, 0.3) is 0 Å². The lowest BCUT2D eigenvalue weighted by molar-refractivity contribution is 0.173. The van der Waals surface area contributed by atoms with Gasteiger partial charge in [0, 0.05) is 11.1 Å². The number of halogens is 1. The SMILES string of the molecule is CNC1CCC(C(C)C)CC1Cc1ccc(Cl)cc1. The van der Waals surface area contributed by atoms with Gasteiger partial charge in [-0.05, 0) is 68.2 Å². The lowest BCUT2D eigenvalue weighted by atomic mass is 9.72. The van der Waals surface area contributed by atoms with Gasteiger partial charge in [-0.25, -0.2) is 0 Å². The predicted molar refractivity (Wildman–Crippen MR) is 83.7 cm³/mol. The summed E-state index contributed by atoms with van der Waals surface area (Å²) in [5.41, 5.74) is 1.42. The van der Waals surface area contributed by atoms with E-state index in [0.29, 0.717) is 6.04 Å². The van der Waals surface area contributed by atoms with Gasteiger partial charge >= 0.3 is 0 Å². The Morgan fingerprint density at radius 3 is 2.47 bits per heavy atom. The van der Waals surface area contributed by atoms with Gasteiger partial charge in [0.2, 0.25) is 0 Å². The third kappa shape index (κ3) is 3.97. The summed E-state index contributed by atoms with van der Waals surface area (Å²) in [4.78, 5) is 0. The van der Waals surface area contributed by atoms with Crippen LogP contribution < -0.4 is 5.32 Å². The van der Waals surface area contributed by atoms with E-state index in [1.807, 2.05) is 12.1 Å². The van der Waals surface area contributed by atoms with E-state index in [9.17, 15) is 0 Å². The molecule has 1 saturated carbocycles. The number of hydrogen-bond acceptors (Lipinski definition) is 1. The molecule has 1 aromatic carbocycles. The maximum atomic E-state index is 5.96. The van der Waals surface area contributed by atoms with Crippen LogP contribution in [0, 0.1) is 17.8 Å². The summed E-state index contributed by atoms with van der Waals surface area (Å²) in [6.07, 6.45) is 5.22. The highest BCUT2D eigenvalue weighted by atomic mass is 35.5. The Morgan fingerprint density at radius 1 is 1.21 bits per heavy atom. The zero-order valence-corrected chi connectivity index (χ0v) is 13.1. The Balaban J connectivity index is 2.03. The molecule has 3 atom stereocenters. The topological polar surface area (TPSA) is 12.0 Å². The molecule has 2 heteroatoms. The molecule has 0 aromatic heterocycles. The lowest BCUT2D eigenvalue weighted by Crippen LogP contribution is -2.40. The highest BCUT2D eigenvalue weighted by Gasteiger charge is 2.30. The van der Waals surface area contributed by atoms with E-state index in [4.69, 9.17) is 11.6 Å². The van der Waals surface area contributed by atoms with Crippen LogP contribution in [-0.2, 0) is 6.42 Å². The van der Waals surface area contributed by atoms with Crippen LogP contribution >= 0.6 is 11.6 Å². The molecule has 19 heavy (non-hydrogen) atoms. The van der Waals surface area contributed by atoms with Gasteiger partial charge < -0.3 is 5.32 Å². The summed E-state index contributed by atoms with van der Waals surface area (Å²) in [6.45, 7) is 4.73. The summed E-state index contributed by atoms with van der Waals surface area (Å²) < 4.78 is 0. The minimum Gasteiger partial charge on any atom is -0.317 e. The molecule has 2 rings (SSSR count). The lowest BCUT2D eigenvalue weighted by Gasteiger charge is -2.38. The summed E-state index contributed by atoms with van der Waals surface area (Å²) in [6, 6.07) is 9.04. The summed E-state index contributed by atoms with van der Waals surface area (Å²) in [5, 5.41) is 4.35. The standard InChI is InChI=1S/C17H26ClN/c1-12(2)14-6-9-17(19-3)15(11-14)10-13-4-7-16(18)8-5-13/h4-5,7-8,12,14-15,17,19H,6,9-11H2,1-3H3. The zero-order chi connectivity index (χ0) is 13.8. The van der Waals surface area contributed by atoms with Gasteiger partial charge in [-0.15, -0.1) is 0 Å². The van der Waals surface area contributed by atoms with Crippen LogP contribution in [0.2, 0.25) is 5.02 Å². The Morgan fingerprint density at radius 2 is 1.89 bits per heavy atom. The molecule has 1 N–H and O–H groups in total. The molecule has 0 amide bonds. The fraction of sp³-hybridized carbons (Fsp3) is 0.647. The van der Waals surface area contributed by atoms with E-state index < -0.39 is 0 Å². The largest absolute Gasteiger partial charge is 0.317 e. The summed E-state index contributed by atoms with van der Waals surface area (Å²) >= 11 is 5.96. The number of nitrogens with one attached hydrogen (secondary N) is 1. The monoisotopic (exact) mass is 279 g/mol. The van der Waals surface area contributed by atoms with E-state index in [1.54, 1.807) is 0 Å². The second kappa shape index (κ2) is 6.76. The highest BCUT2D eigenvalue weighted by Crippen LogP contribution is 2.35. The molecular weight excluding hydrogens is 254 g/mol. The van der Waals surface area contributed by atoms with Gasteiger partial charge in [-0.3, -0.25) is 0 Å². The van der Waals surface area contributed by atoms with Crippen molar-refractivity contribution in [1.82, 2.24) is 5.32 Å². The molecule has 1 aliphatic carbocycles. The molecule has 1 aromatic rings. The van der Waals surface area contributed by atoms with Gasteiger partial charge in [-0.1, -0.05) is 37.6 Å². The summed E-state index contributed by atoms with van der Waals surface area (Å²) in [7, 11) is 2.11. The first-order valence-corrected chi connectivity index (χ1v) is 7.89. The van der Waals surface area contributed by atoms with E-state index in [0.717, 1.165) is 22.8 Å². The molecular formula is C17H26ClN. The second-order valence-corrected chi connectivity index (χ2v) is 6.74. The van der Waals surface area contributed by atoms with Crippen molar-refractivity contribution in [2.75, 3.05) is 7.05 Å². The smallest absolute Gasteiger partial charge is 0.0406 e. The molecule has 3 unspecified atom stereocenters. The van der Waals surface area contributed by atoms with Gasteiger partial charge in [-0.2, -0.15) is 0 Å². The Kier molecular flexibility index (Phi) is 5.29. The maximum absolute atomic E-state index is 5.96. The fourth-order valence-corrected chi connectivity index (χ4v) is 3.56.